The van der Waals surface area contributed by atoms with E-state index < -0.39 is 0 Å². The first kappa shape index (κ1) is 11.9. The van der Waals surface area contributed by atoms with Crippen LogP contribution in [0, 0.1) is 6.92 Å². The number of halogens is 1. The van der Waals surface area contributed by atoms with Crippen molar-refractivity contribution in [2.24, 2.45) is 0 Å². The molecule has 0 saturated carbocycles. The van der Waals surface area contributed by atoms with Crippen LogP contribution < -0.4 is 5.73 Å². The van der Waals surface area contributed by atoms with Crippen LogP contribution in [-0.2, 0) is 6.54 Å². The highest BCUT2D eigenvalue weighted by Gasteiger charge is 2.14. The smallest absolute Gasteiger partial charge is 0.132 e. The normalized spacial score (nSPS) is 10.5. The highest BCUT2D eigenvalue weighted by atomic mass is 79.9. The number of hydrogen-bond donors (Lipinski definition) is 1. The summed E-state index contributed by atoms with van der Waals surface area (Å²) in [5, 5.41) is 0. The summed E-state index contributed by atoms with van der Waals surface area (Å²) in [5.74, 6) is 1.57. The number of anilines is 1. The summed E-state index contributed by atoms with van der Waals surface area (Å²) < 4.78 is 2.94. The van der Waals surface area contributed by atoms with Crippen LogP contribution >= 0.6 is 15.9 Å². The second-order valence-electron chi connectivity index (χ2n) is 3.77. The summed E-state index contributed by atoms with van der Waals surface area (Å²) in [6.07, 6.45) is 1.81. The van der Waals surface area contributed by atoms with Gasteiger partial charge in [0.15, 0.2) is 0 Å². The topological polar surface area (TPSA) is 43.8 Å². The molecule has 0 aliphatic rings. The molecule has 0 bridgehead atoms. The Bertz CT molecular complexity index is 558. The molecule has 0 spiro atoms. The number of nitrogens with two attached hydrogens (primary N) is 1. The van der Waals surface area contributed by atoms with Crippen molar-refractivity contribution >= 4 is 21.7 Å². The van der Waals surface area contributed by atoms with Crippen molar-refractivity contribution in [3.8, 4) is 11.3 Å². The van der Waals surface area contributed by atoms with E-state index in [2.05, 4.69) is 27.5 Å². The van der Waals surface area contributed by atoms with Gasteiger partial charge >= 0.3 is 0 Å². The van der Waals surface area contributed by atoms with E-state index in [1.807, 2.05) is 41.8 Å². The van der Waals surface area contributed by atoms with Crippen molar-refractivity contribution in [1.29, 1.82) is 0 Å². The Kier molecular flexibility index (Phi) is 3.33. The predicted molar refractivity (Wildman–Crippen MR) is 74.7 cm³/mol. The third-order valence-corrected chi connectivity index (χ3v) is 3.33. The Balaban J connectivity index is 2.58. The van der Waals surface area contributed by atoms with Crippen molar-refractivity contribution in [1.82, 2.24) is 9.55 Å². The van der Waals surface area contributed by atoms with E-state index in [1.165, 1.54) is 0 Å². The summed E-state index contributed by atoms with van der Waals surface area (Å²) in [7, 11) is 0. The summed E-state index contributed by atoms with van der Waals surface area (Å²) in [5.41, 5.74) is 7.95. The van der Waals surface area contributed by atoms with Gasteiger partial charge in [-0.25, -0.2) is 4.98 Å². The van der Waals surface area contributed by atoms with Gasteiger partial charge in [0.1, 0.15) is 17.3 Å². The highest BCUT2D eigenvalue weighted by Crippen LogP contribution is 2.31. The monoisotopic (exact) mass is 291 g/mol. The first-order valence-corrected chi connectivity index (χ1v) is 6.13. The molecule has 0 aliphatic carbocycles. The highest BCUT2D eigenvalue weighted by molar-refractivity contribution is 9.10. The number of benzene rings is 1. The Morgan fingerprint density at radius 2 is 2.18 bits per heavy atom. The lowest BCUT2D eigenvalue weighted by Crippen LogP contribution is -2.03. The summed E-state index contributed by atoms with van der Waals surface area (Å²) in [6, 6.07) is 7.93. The second-order valence-corrected chi connectivity index (χ2v) is 4.63. The van der Waals surface area contributed by atoms with Gasteiger partial charge < -0.3 is 10.3 Å². The van der Waals surface area contributed by atoms with Crippen LogP contribution in [-0.4, -0.2) is 9.55 Å². The molecule has 2 rings (SSSR count). The molecule has 17 heavy (non-hydrogen) atoms. The van der Waals surface area contributed by atoms with Crippen LogP contribution in [0.2, 0.25) is 0 Å². The van der Waals surface area contributed by atoms with Crippen LogP contribution in [0.25, 0.3) is 11.3 Å². The fourth-order valence-corrected chi connectivity index (χ4v) is 2.27. The third-order valence-electron chi connectivity index (χ3n) is 2.64. The zero-order chi connectivity index (χ0) is 12.4. The fraction of sp³-hybridized carbons (Fsp3) is 0.154. The second kappa shape index (κ2) is 4.75. The number of hydrogen-bond acceptors (Lipinski definition) is 2. The van der Waals surface area contributed by atoms with E-state index in [4.69, 9.17) is 5.73 Å². The van der Waals surface area contributed by atoms with Gasteiger partial charge in [0.05, 0.1) is 0 Å². The molecular formula is C13H14BrN3. The molecule has 0 aliphatic heterocycles. The lowest BCUT2D eigenvalue weighted by Gasteiger charge is -2.05. The number of imidazole rings is 1. The van der Waals surface area contributed by atoms with Gasteiger partial charge in [-0.2, -0.15) is 0 Å². The maximum atomic E-state index is 6.12. The molecule has 2 aromatic rings. The van der Waals surface area contributed by atoms with Crippen molar-refractivity contribution in [3.63, 3.8) is 0 Å². The Morgan fingerprint density at radius 1 is 1.47 bits per heavy atom. The van der Waals surface area contributed by atoms with E-state index in [-0.39, 0.29) is 0 Å². The van der Waals surface area contributed by atoms with E-state index in [1.54, 1.807) is 0 Å². The average molecular weight is 292 g/mol. The maximum Gasteiger partial charge on any atom is 0.132 e. The van der Waals surface area contributed by atoms with E-state index in [0.29, 0.717) is 12.4 Å². The first-order chi connectivity index (χ1) is 8.15. The Hall–Kier alpha value is -1.55. The van der Waals surface area contributed by atoms with Gasteiger partial charge in [0.25, 0.3) is 0 Å². The summed E-state index contributed by atoms with van der Waals surface area (Å²) in [6.45, 7) is 6.34. The van der Waals surface area contributed by atoms with E-state index in [9.17, 15) is 0 Å². The maximum absolute atomic E-state index is 6.12. The minimum absolute atomic E-state index is 0.675. The third kappa shape index (κ3) is 2.13. The summed E-state index contributed by atoms with van der Waals surface area (Å²) >= 11 is 3.51. The van der Waals surface area contributed by atoms with Crippen molar-refractivity contribution < 1.29 is 0 Å². The van der Waals surface area contributed by atoms with Crippen LogP contribution in [0.4, 0.5) is 5.82 Å². The number of nitrogens with zero attached hydrogens (tertiary/aromatic N) is 2. The molecule has 1 aromatic carbocycles. The van der Waals surface area contributed by atoms with E-state index in [0.717, 1.165) is 21.6 Å². The predicted octanol–water partition coefficient (Wildman–Crippen LogP) is 3.39. The van der Waals surface area contributed by atoms with Gasteiger partial charge in [0, 0.05) is 16.6 Å². The van der Waals surface area contributed by atoms with Crippen LogP contribution in [0.1, 0.15) is 5.82 Å². The molecule has 1 aromatic heterocycles. The SMILES string of the molecule is C=CCn1c(C)nc(-c2ccccc2Br)c1N. The van der Waals surface area contributed by atoms with Gasteiger partial charge in [-0.1, -0.05) is 40.2 Å². The molecule has 1 heterocycles. The summed E-state index contributed by atoms with van der Waals surface area (Å²) in [4.78, 5) is 4.52. The molecule has 0 saturated heterocycles. The zero-order valence-corrected chi connectivity index (χ0v) is 11.2. The Morgan fingerprint density at radius 3 is 2.82 bits per heavy atom. The zero-order valence-electron chi connectivity index (χ0n) is 9.65. The molecule has 4 heteroatoms. The van der Waals surface area contributed by atoms with E-state index >= 15 is 0 Å². The minimum atomic E-state index is 0.675. The molecule has 88 valence electrons. The van der Waals surface area contributed by atoms with Crippen molar-refractivity contribution in [3.05, 3.63) is 47.2 Å². The average Bonchev–Trinajstić information content (AvgIpc) is 2.58. The van der Waals surface area contributed by atoms with Gasteiger partial charge in [-0.15, -0.1) is 6.58 Å². The number of rotatable bonds is 3. The molecular weight excluding hydrogens is 278 g/mol. The lowest BCUT2D eigenvalue weighted by atomic mass is 10.1. The van der Waals surface area contributed by atoms with Gasteiger partial charge in [-0.05, 0) is 13.0 Å². The standard InChI is InChI=1S/C13H14BrN3/c1-3-8-17-9(2)16-12(13(17)15)10-6-4-5-7-11(10)14/h3-7H,1,8,15H2,2H3. The Labute approximate surface area is 109 Å². The quantitative estimate of drug-likeness (QED) is 0.881. The molecule has 2 N–H and O–H groups in total. The number of nitrogen functional groups attached to an aromatic ring is 1. The van der Waals surface area contributed by atoms with Crippen LogP contribution in [0.15, 0.2) is 41.4 Å². The number of aryl methyl sites for hydroxylation is 1. The molecule has 0 fully saturated rings. The van der Waals surface area contributed by atoms with Crippen LogP contribution in [0.5, 0.6) is 0 Å². The largest absolute Gasteiger partial charge is 0.383 e. The molecule has 0 atom stereocenters. The molecule has 0 unspecified atom stereocenters. The van der Waals surface area contributed by atoms with Crippen molar-refractivity contribution in [2.75, 3.05) is 5.73 Å². The van der Waals surface area contributed by atoms with Gasteiger partial charge in [0.2, 0.25) is 0 Å². The molecule has 0 radical (unpaired) electrons. The lowest BCUT2D eigenvalue weighted by molar-refractivity contribution is 0.792. The first-order valence-electron chi connectivity index (χ1n) is 5.33. The number of aromatic nitrogens is 2. The fourth-order valence-electron chi connectivity index (χ4n) is 1.79. The van der Waals surface area contributed by atoms with Crippen LogP contribution in [0.3, 0.4) is 0 Å². The molecule has 0 amide bonds. The van der Waals surface area contributed by atoms with Crippen molar-refractivity contribution in [2.45, 2.75) is 13.5 Å². The number of allylic oxidation sites excluding steroid dienone is 1. The van der Waals surface area contributed by atoms with Gasteiger partial charge in [-0.3, -0.25) is 0 Å². The minimum Gasteiger partial charge on any atom is -0.383 e. The molecule has 3 nitrogen and oxygen atoms in total.